The van der Waals surface area contributed by atoms with Crippen molar-refractivity contribution < 1.29 is 4.74 Å². The fourth-order valence-electron chi connectivity index (χ4n) is 2.38. The van der Waals surface area contributed by atoms with Gasteiger partial charge < -0.3 is 10.1 Å². The third-order valence-electron chi connectivity index (χ3n) is 3.59. The number of nitrogens with zero attached hydrogens (tertiary/aromatic N) is 2. The zero-order valence-electron chi connectivity index (χ0n) is 11.8. The van der Waals surface area contributed by atoms with Gasteiger partial charge in [-0.3, -0.25) is 4.68 Å². The maximum atomic E-state index is 6.14. The van der Waals surface area contributed by atoms with Gasteiger partial charge in [0.15, 0.2) is 5.75 Å². The van der Waals surface area contributed by atoms with Gasteiger partial charge in [0.25, 0.3) is 0 Å². The monoisotopic (exact) mass is 251 g/mol. The molecule has 1 aliphatic carbocycles. The summed E-state index contributed by atoms with van der Waals surface area (Å²) in [5, 5.41) is 7.65. The lowest BCUT2D eigenvalue weighted by atomic mass is 9.77. The summed E-state index contributed by atoms with van der Waals surface area (Å²) in [5.41, 5.74) is 0.0625. The number of ether oxygens (including phenoxy) is 1. The predicted octanol–water partition coefficient (Wildman–Crippen LogP) is 2.36. The van der Waals surface area contributed by atoms with Crippen LogP contribution in [-0.2, 0) is 7.05 Å². The van der Waals surface area contributed by atoms with Crippen LogP contribution in [-0.4, -0.2) is 28.5 Å². The molecule has 0 radical (unpaired) electrons. The van der Waals surface area contributed by atoms with Crippen LogP contribution in [0.25, 0.3) is 0 Å². The third-order valence-corrected chi connectivity index (χ3v) is 3.59. The Morgan fingerprint density at radius 3 is 2.78 bits per heavy atom. The summed E-state index contributed by atoms with van der Waals surface area (Å²) in [5.74, 6) is 1.61. The van der Waals surface area contributed by atoms with Crippen LogP contribution in [0.3, 0.4) is 0 Å². The summed E-state index contributed by atoms with van der Waals surface area (Å²) in [4.78, 5) is 0. The van der Waals surface area contributed by atoms with E-state index in [-0.39, 0.29) is 5.60 Å². The van der Waals surface area contributed by atoms with Gasteiger partial charge in [0.05, 0.1) is 12.4 Å². The average Bonchev–Trinajstić information content (AvgIpc) is 2.66. The largest absolute Gasteiger partial charge is 0.484 e. The highest BCUT2D eigenvalue weighted by atomic mass is 16.5. The van der Waals surface area contributed by atoms with Gasteiger partial charge in [-0.15, -0.1) is 0 Å². The second kappa shape index (κ2) is 5.74. The van der Waals surface area contributed by atoms with Gasteiger partial charge in [-0.25, -0.2) is 0 Å². The van der Waals surface area contributed by atoms with E-state index in [1.807, 2.05) is 19.4 Å². The van der Waals surface area contributed by atoms with E-state index in [2.05, 4.69) is 24.3 Å². The standard InChI is InChI=1S/C14H25N3O/c1-12(2)9-15-8-7-14(5-4-6-14)18-13-10-16-17(3)11-13/h10-12,15H,4-9H2,1-3H3. The van der Waals surface area contributed by atoms with Crippen LogP contribution in [0.4, 0.5) is 0 Å². The van der Waals surface area contributed by atoms with Gasteiger partial charge in [-0.05, 0) is 44.7 Å². The Bertz CT molecular complexity index is 369. The zero-order chi connectivity index (χ0) is 13.0. The molecule has 1 aliphatic rings. The Morgan fingerprint density at radius 1 is 1.50 bits per heavy atom. The molecule has 4 nitrogen and oxygen atoms in total. The minimum absolute atomic E-state index is 0.0625. The molecule has 0 aliphatic heterocycles. The fourth-order valence-corrected chi connectivity index (χ4v) is 2.38. The molecule has 1 aromatic rings. The molecule has 0 bridgehead atoms. The Labute approximate surface area is 110 Å². The Balaban J connectivity index is 1.79. The quantitative estimate of drug-likeness (QED) is 0.756. The summed E-state index contributed by atoms with van der Waals surface area (Å²) in [6, 6.07) is 0. The first kappa shape index (κ1) is 13.4. The number of hydrogen-bond acceptors (Lipinski definition) is 3. The van der Waals surface area contributed by atoms with Crippen LogP contribution in [0, 0.1) is 5.92 Å². The maximum Gasteiger partial charge on any atom is 0.158 e. The van der Waals surface area contributed by atoms with Crippen LogP contribution in [0.1, 0.15) is 39.5 Å². The van der Waals surface area contributed by atoms with Crippen LogP contribution in [0.15, 0.2) is 12.4 Å². The smallest absolute Gasteiger partial charge is 0.158 e. The second-order valence-electron chi connectivity index (χ2n) is 5.84. The summed E-state index contributed by atoms with van der Waals surface area (Å²) in [7, 11) is 1.92. The number of rotatable bonds is 7. The molecule has 1 N–H and O–H groups in total. The zero-order valence-corrected chi connectivity index (χ0v) is 11.8. The highest BCUT2D eigenvalue weighted by molar-refractivity contribution is 5.14. The van der Waals surface area contributed by atoms with E-state index in [9.17, 15) is 0 Å². The van der Waals surface area contributed by atoms with E-state index in [4.69, 9.17) is 4.74 Å². The topological polar surface area (TPSA) is 39.1 Å². The van der Waals surface area contributed by atoms with Crippen molar-refractivity contribution in [1.82, 2.24) is 15.1 Å². The van der Waals surface area contributed by atoms with E-state index in [0.29, 0.717) is 5.92 Å². The van der Waals surface area contributed by atoms with Gasteiger partial charge >= 0.3 is 0 Å². The molecule has 0 spiro atoms. The summed E-state index contributed by atoms with van der Waals surface area (Å²) >= 11 is 0. The molecule has 0 aromatic carbocycles. The molecule has 0 atom stereocenters. The first-order valence-electron chi connectivity index (χ1n) is 6.98. The van der Waals surface area contributed by atoms with E-state index < -0.39 is 0 Å². The minimum Gasteiger partial charge on any atom is -0.484 e. The molecule has 1 aromatic heterocycles. The molecular weight excluding hydrogens is 226 g/mol. The normalized spacial score (nSPS) is 17.8. The van der Waals surface area contributed by atoms with Crippen LogP contribution >= 0.6 is 0 Å². The lowest BCUT2D eigenvalue weighted by Gasteiger charge is -2.41. The van der Waals surface area contributed by atoms with Crippen LogP contribution in [0.5, 0.6) is 5.75 Å². The van der Waals surface area contributed by atoms with E-state index in [0.717, 1.165) is 25.3 Å². The summed E-state index contributed by atoms with van der Waals surface area (Å²) in [6.45, 7) is 6.60. The minimum atomic E-state index is 0.0625. The third kappa shape index (κ3) is 3.48. The van der Waals surface area contributed by atoms with Crippen molar-refractivity contribution in [2.24, 2.45) is 13.0 Å². The molecular formula is C14H25N3O. The first-order valence-corrected chi connectivity index (χ1v) is 6.98. The molecule has 0 saturated heterocycles. The van der Waals surface area contributed by atoms with E-state index in [1.165, 1.54) is 19.3 Å². The lowest BCUT2D eigenvalue weighted by Crippen LogP contribution is -2.45. The summed E-state index contributed by atoms with van der Waals surface area (Å²) < 4.78 is 7.93. The Morgan fingerprint density at radius 2 is 2.28 bits per heavy atom. The maximum absolute atomic E-state index is 6.14. The molecule has 102 valence electrons. The van der Waals surface area contributed by atoms with E-state index >= 15 is 0 Å². The van der Waals surface area contributed by atoms with Crippen molar-refractivity contribution in [2.75, 3.05) is 13.1 Å². The Hall–Kier alpha value is -1.03. The summed E-state index contributed by atoms with van der Waals surface area (Å²) in [6.07, 6.45) is 8.47. The van der Waals surface area contributed by atoms with Crippen LogP contribution in [0.2, 0.25) is 0 Å². The molecule has 2 rings (SSSR count). The lowest BCUT2D eigenvalue weighted by molar-refractivity contribution is -0.0143. The number of aromatic nitrogens is 2. The van der Waals surface area contributed by atoms with Crippen molar-refractivity contribution in [2.45, 2.75) is 45.1 Å². The van der Waals surface area contributed by atoms with Gasteiger partial charge in [0.1, 0.15) is 5.60 Å². The molecule has 0 unspecified atom stereocenters. The molecule has 1 fully saturated rings. The van der Waals surface area contributed by atoms with Crippen molar-refractivity contribution in [3.63, 3.8) is 0 Å². The molecule has 0 amide bonds. The van der Waals surface area contributed by atoms with Crippen molar-refractivity contribution in [1.29, 1.82) is 0 Å². The van der Waals surface area contributed by atoms with E-state index in [1.54, 1.807) is 4.68 Å². The molecule has 1 heterocycles. The highest BCUT2D eigenvalue weighted by Crippen LogP contribution is 2.39. The van der Waals surface area contributed by atoms with Crippen molar-refractivity contribution in [3.8, 4) is 5.75 Å². The average molecular weight is 251 g/mol. The number of nitrogens with one attached hydrogen (secondary N) is 1. The van der Waals surface area contributed by atoms with Gasteiger partial charge in [0, 0.05) is 7.05 Å². The SMILES string of the molecule is CC(C)CNCCC1(Oc2cnn(C)c2)CCC1. The molecule has 1 saturated carbocycles. The Kier molecular flexibility index (Phi) is 4.27. The second-order valence-corrected chi connectivity index (χ2v) is 5.84. The fraction of sp³-hybridized carbons (Fsp3) is 0.786. The molecule has 18 heavy (non-hydrogen) atoms. The van der Waals surface area contributed by atoms with Gasteiger partial charge in [0.2, 0.25) is 0 Å². The predicted molar refractivity (Wildman–Crippen MR) is 72.7 cm³/mol. The first-order chi connectivity index (χ1) is 8.60. The number of aryl methyl sites for hydroxylation is 1. The van der Waals surface area contributed by atoms with Crippen molar-refractivity contribution in [3.05, 3.63) is 12.4 Å². The van der Waals surface area contributed by atoms with Gasteiger partial charge in [-0.1, -0.05) is 13.8 Å². The highest BCUT2D eigenvalue weighted by Gasteiger charge is 2.39. The molecule has 4 heteroatoms. The van der Waals surface area contributed by atoms with Gasteiger partial charge in [-0.2, -0.15) is 5.10 Å². The van der Waals surface area contributed by atoms with Crippen molar-refractivity contribution >= 4 is 0 Å². The number of hydrogen-bond donors (Lipinski definition) is 1. The van der Waals surface area contributed by atoms with Crippen LogP contribution < -0.4 is 10.1 Å².